The van der Waals surface area contributed by atoms with Gasteiger partial charge in [-0.3, -0.25) is 14.5 Å². The van der Waals surface area contributed by atoms with Gasteiger partial charge in [0.1, 0.15) is 5.82 Å². The summed E-state index contributed by atoms with van der Waals surface area (Å²) in [6, 6.07) is 1.68. The average Bonchev–Trinajstić information content (AvgIpc) is 2.55. The fourth-order valence-corrected chi connectivity index (χ4v) is 1.93. The molecule has 2 amide bonds. The van der Waals surface area contributed by atoms with Gasteiger partial charge in [-0.2, -0.15) is 0 Å². The fraction of sp³-hybridized carbons (Fsp3) is 0.455. The van der Waals surface area contributed by atoms with Crippen LogP contribution in [0, 0.1) is 12.8 Å². The molecular formula is C11H15N5O2. The number of imide groups is 1. The third-order valence-electron chi connectivity index (χ3n) is 2.82. The average molecular weight is 249 g/mol. The van der Waals surface area contributed by atoms with E-state index in [1.54, 1.807) is 19.9 Å². The summed E-state index contributed by atoms with van der Waals surface area (Å²) in [6.45, 7) is 3.63. The molecule has 2 heterocycles. The van der Waals surface area contributed by atoms with Crippen LogP contribution in [0.5, 0.6) is 0 Å². The number of hydrazine groups is 1. The topological polar surface area (TPSA) is 101 Å². The minimum Gasteiger partial charge on any atom is -0.308 e. The Morgan fingerprint density at radius 3 is 2.78 bits per heavy atom. The first-order valence-electron chi connectivity index (χ1n) is 5.66. The van der Waals surface area contributed by atoms with E-state index in [4.69, 9.17) is 5.84 Å². The number of rotatable bonds is 3. The van der Waals surface area contributed by atoms with Gasteiger partial charge in [-0.1, -0.05) is 6.92 Å². The molecule has 7 nitrogen and oxygen atoms in total. The van der Waals surface area contributed by atoms with Gasteiger partial charge in [-0.25, -0.2) is 15.8 Å². The zero-order valence-electron chi connectivity index (χ0n) is 10.3. The fourth-order valence-electron chi connectivity index (χ4n) is 1.93. The highest BCUT2D eigenvalue weighted by Gasteiger charge is 2.35. The Morgan fingerprint density at radius 2 is 2.22 bits per heavy atom. The second kappa shape index (κ2) is 4.69. The number of hydrogen-bond donors (Lipinski definition) is 2. The molecule has 18 heavy (non-hydrogen) atoms. The molecule has 1 aliphatic rings. The summed E-state index contributed by atoms with van der Waals surface area (Å²) in [5.74, 6) is 5.54. The maximum absolute atomic E-state index is 11.8. The van der Waals surface area contributed by atoms with Crippen molar-refractivity contribution in [3.05, 3.63) is 17.6 Å². The van der Waals surface area contributed by atoms with Crippen LogP contribution >= 0.6 is 0 Å². The van der Waals surface area contributed by atoms with Crippen molar-refractivity contribution in [2.45, 2.75) is 26.8 Å². The first-order chi connectivity index (χ1) is 8.51. The van der Waals surface area contributed by atoms with Crippen LogP contribution in [0.2, 0.25) is 0 Å². The molecule has 1 saturated heterocycles. The van der Waals surface area contributed by atoms with Gasteiger partial charge in [0, 0.05) is 24.1 Å². The first kappa shape index (κ1) is 12.4. The number of nitrogen functional groups attached to an aromatic ring is 1. The lowest BCUT2D eigenvalue weighted by Gasteiger charge is -2.14. The number of nitrogens with two attached hydrogens (primary N) is 1. The van der Waals surface area contributed by atoms with Gasteiger partial charge in [-0.05, 0) is 6.92 Å². The Balaban J connectivity index is 2.21. The molecule has 1 unspecified atom stereocenters. The van der Waals surface area contributed by atoms with E-state index in [2.05, 4.69) is 15.4 Å². The van der Waals surface area contributed by atoms with Gasteiger partial charge in [-0.15, -0.1) is 0 Å². The Bertz CT molecular complexity index is 502. The van der Waals surface area contributed by atoms with Crippen LogP contribution in [-0.2, 0) is 16.1 Å². The zero-order chi connectivity index (χ0) is 13.3. The summed E-state index contributed by atoms with van der Waals surface area (Å²) in [7, 11) is 0. The number of amides is 2. The Morgan fingerprint density at radius 1 is 1.50 bits per heavy atom. The van der Waals surface area contributed by atoms with E-state index in [0.29, 0.717) is 11.6 Å². The van der Waals surface area contributed by atoms with E-state index >= 15 is 0 Å². The predicted octanol–water partition coefficient (Wildman–Crippen LogP) is -0.0344. The molecule has 1 aliphatic heterocycles. The predicted molar refractivity (Wildman–Crippen MR) is 63.9 cm³/mol. The standard InChI is InChI=1S/C11H15N5O2/c1-6-3-10(17)16(11(6)18)5-9-13-7(2)4-8(14-9)15-12/h4,6H,3,5,12H2,1-2H3,(H,13,14,15). The first-order valence-corrected chi connectivity index (χ1v) is 5.66. The van der Waals surface area contributed by atoms with Crippen LogP contribution < -0.4 is 11.3 Å². The van der Waals surface area contributed by atoms with E-state index in [1.165, 1.54) is 4.90 Å². The highest BCUT2D eigenvalue weighted by molar-refractivity contribution is 6.03. The number of hydrogen-bond acceptors (Lipinski definition) is 6. The number of anilines is 1. The van der Waals surface area contributed by atoms with Crippen molar-refractivity contribution in [1.82, 2.24) is 14.9 Å². The largest absolute Gasteiger partial charge is 0.308 e. The minimum absolute atomic E-state index is 0.0956. The van der Waals surface area contributed by atoms with E-state index in [-0.39, 0.29) is 30.7 Å². The number of carbonyl (C=O) groups excluding carboxylic acids is 2. The number of aryl methyl sites for hydroxylation is 1. The molecule has 0 radical (unpaired) electrons. The van der Waals surface area contributed by atoms with E-state index in [9.17, 15) is 9.59 Å². The lowest BCUT2D eigenvalue weighted by molar-refractivity contribution is -0.140. The molecule has 0 spiro atoms. The third-order valence-corrected chi connectivity index (χ3v) is 2.82. The maximum Gasteiger partial charge on any atom is 0.232 e. The van der Waals surface area contributed by atoms with Crippen LogP contribution in [0.25, 0.3) is 0 Å². The molecule has 2 rings (SSSR count). The van der Waals surface area contributed by atoms with Crippen molar-refractivity contribution in [2.75, 3.05) is 5.43 Å². The number of likely N-dealkylation sites (tertiary alicyclic amines) is 1. The third kappa shape index (κ3) is 2.30. The summed E-state index contributed by atoms with van der Waals surface area (Å²) in [5.41, 5.74) is 3.15. The number of carbonyl (C=O) groups is 2. The minimum atomic E-state index is -0.255. The monoisotopic (exact) mass is 249 g/mol. The quantitative estimate of drug-likeness (QED) is 0.443. The van der Waals surface area contributed by atoms with Crippen LogP contribution in [0.4, 0.5) is 5.82 Å². The van der Waals surface area contributed by atoms with E-state index in [0.717, 1.165) is 5.69 Å². The van der Waals surface area contributed by atoms with Crippen molar-refractivity contribution in [3.63, 3.8) is 0 Å². The molecule has 7 heteroatoms. The molecule has 3 N–H and O–H groups in total. The Hall–Kier alpha value is -2.02. The molecule has 1 fully saturated rings. The van der Waals surface area contributed by atoms with E-state index in [1.807, 2.05) is 0 Å². The number of nitrogens with one attached hydrogen (secondary N) is 1. The Kier molecular flexibility index (Phi) is 3.24. The van der Waals surface area contributed by atoms with Gasteiger partial charge in [0.25, 0.3) is 0 Å². The lowest BCUT2D eigenvalue weighted by Crippen LogP contribution is -2.30. The van der Waals surface area contributed by atoms with Crippen LogP contribution in [0.3, 0.4) is 0 Å². The van der Waals surface area contributed by atoms with Gasteiger partial charge < -0.3 is 5.43 Å². The van der Waals surface area contributed by atoms with Crippen molar-refractivity contribution >= 4 is 17.6 Å². The molecule has 1 aromatic rings. The molecule has 0 aliphatic carbocycles. The normalized spacial score (nSPS) is 19.5. The molecule has 1 atom stereocenters. The highest BCUT2D eigenvalue weighted by Crippen LogP contribution is 2.20. The smallest absolute Gasteiger partial charge is 0.232 e. The van der Waals surface area contributed by atoms with Crippen LogP contribution in [-0.4, -0.2) is 26.7 Å². The zero-order valence-corrected chi connectivity index (χ0v) is 10.3. The number of nitrogens with zero attached hydrogens (tertiary/aromatic N) is 3. The van der Waals surface area contributed by atoms with Crippen LogP contribution in [0.1, 0.15) is 24.9 Å². The summed E-state index contributed by atoms with van der Waals surface area (Å²) >= 11 is 0. The van der Waals surface area contributed by atoms with Crippen molar-refractivity contribution in [3.8, 4) is 0 Å². The molecule has 0 saturated carbocycles. The second-order valence-electron chi connectivity index (χ2n) is 4.38. The molecule has 0 aromatic carbocycles. The molecule has 96 valence electrons. The lowest BCUT2D eigenvalue weighted by atomic mass is 10.1. The van der Waals surface area contributed by atoms with Crippen molar-refractivity contribution in [2.24, 2.45) is 11.8 Å². The van der Waals surface area contributed by atoms with Gasteiger partial charge >= 0.3 is 0 Å². The molecular weight excluding hydrogens is 234 g/mol. The molecule has 0 bridgehead atoms. The SMILES string of the molecule is Cc1cc(NN)nc(CN2C(=O)CC(C)C2=O)n1. The summed E-state index contributed by atoms with van der Waals surface area (Å²) in [4.78, 5) is 32.9. The van der Waals surface area contributed by atoms with E-state index < -0.39 is 0 Å². The highest BCUT2D eigenvalue weighted by atomic mass is 16.2. The Labute approximate surface area is 104 Å². The van der Waals surface area contributed by atoms with Crippen LogP contribution in [0.15, 0.2) is 6.07 Å². The summed E-state index contributed by atoms with van der Waals surface area (Å²) < 4.78 is 0. The van der Waals surface area contributed by atoms with Gasteiger partial charge in [0.15, 0.2) is 5.82 Å². The summed E-state index contributed by atoms with van der Waals surface area (Å²) in [5, 5.41) is 0. The number of aromatic nitrogens is 2. The maximum atomic E-state index is 11.8. The van der Waals surface area contributed by atoms with Gasteiger partial charge in [0.2, 0.25) is 11.8 Å². The molecule has 1 aromatic heterocycles. The van der Waals surface area contributed by atoms with Crippen molar-refractivity contribution < 1.29 is 9.59 Å². The van der Waals surface area contributed by atoms with Crippen molar-refractivity contribution in [1.29, 1.82) is 0 Å². The van der Waals surface area contributed by atoms with Gasteiger partial charge in [0.05, 0.1) is 6.54 Å². The second-order valence-corrected chi connectivity index (χ2v) is 4.38. The summed E-state index contributed by atoms with van der Waals surface area (Å²) in [6.07, 6.45) is 0.257.